The third kappa shape index (κ3) is 2.93. The molecule has 3 rings (SSSR count). The quantitative estimate of drug-likeness (QED) is 0.843. The average Bonchev–Trinajstić information content (AvgIpc) is 2.48. The lowest BCUT2D eigenvalue weighted by Crippen LogP contribution is -2.81. The predicted octanol–water partition coefficient (Wildman–Crippen LogP) is 2.54. The van der Waals surface area contributed by atoms with E-state index in [-0.39, 0.29) is 42.7 Å². The monoisotopic (exact) mass is 365 g/mol. The van der Waals surface area contributed by atoms with Crippen molar-refractivity contribution in [1.82, 2.24) is 4.98 Å². The molecule has 23 heavy (non-hydrogen) atoms. The fourth-order valence-electron chi connectivity index (χ4n) is 3.71. The second-order valence-electron chi connectivity index (χ2n) is 6.45. The molecule has 0 radical (unpaired) electrons. The molecule has 1 amide bonds. The van der Waals surface area contributed by atoms with Crippen LogP contribution in [0.25, 0.3) is 0 Å². The molecule has 2 heterocycles. The van der Waals surface area contributed by atoms with E-state index in [0.29, 0.717) is 5.82 Å². The van der Waals surface area contributed by atoms with Crippen molar-refractivity contribution in [2.45, 2.75) is 38.3 Å². The summed E-state index contributed by atoms with van der Waals surface area (Å²) in [5, 5.41) is 2.70. The van der Waals surface area contributed by atoms with Gasteiger partial charge in [-0.15, -0.1) is 24.8 Å². The molecule has 1 aliphatic heterocycles. The zero-order valence-corrected chi connectivity index (χ0v) is 14.7. The van der Waals surface area contributed by atoms with Gasteiger partial charge in [-0.3, -0.25) is 4.79 Å². The summed E-state index contributed by atoms with van der Waals surface area (Å²) in [7, 11) is 0. The summed E-state index contributed by atoms with van der Waals surface area (Å²) >= 11 is 0. The van der Waals surface area contributed by atoms with Crippen molar-refractivity contribution in [2.24, 2.45) is 17.1 Å². The van der Waals surface area contributed by atoms with Gasteiger partial charge in [0.25, 0.3) is 0 Å². The maximum atomic E-state index is 12.9. The number of nitrogens with zero attached hydrogens (tertiary/aromatic N) is 1. The number of aromatic nitrogens is 1. The van der Waals surface area contributed by atoms with E-state index < -0.39 is 16.8 Å². The van der Waals surface area contributed by atoms with E-state index in [1.54, 1.807) is 0 Å². The van der Waals surface area contributed by atoms with E-state index in [4.69, 9.17) is 10.5 Å². The van der Waals surface area contributed by atoms with Crippen LogP contribution in [0.3, 0.4) is 0 Å². The number of halogens is 3. The molecule has 1 aromatic rings. The van der Waals surface area contributed by atoms with Crippen LogP contribution in [-0.4, -0.2) is 29.1 Å². The van der Waals surface area contributed by atoms with E-state index in [9.17, 15) is 9.18 Å². The van der Waals surface area contributed by atoms with Crippen molar-refractivity contribution in [1.29, 1.82) is 0 Å². The van der Waals surface area contributed by atoms with Crippen molar-refractivity contribution >= 4 is 36.5 Å². The Morgan fingerprint density at radius 2 is 2.13 bits per heavy atom. The van der Waals surface area contributed by atoms with Crippen LogP contribution in [0.1, 0.15) is 26.7 Å². The fourth-order valence-corrected chi connectivity index (χ4v) is 3.71. The highest BCUT2D eigenvalue weighted by atomic mass is 35.5. The number of nitrogens with two attached hydrogens (primary N) is 1. The minimum Gasteiger partial charge on any atom is -0.377 e. The summed E-state index contributed by atoms with van der Waals surface area (Å²) < 4.78 is 18.6. The molecule has 8 heteroatoms. The third-order valence-electron chi connectivity index (χ3n) is 5.03. The minimum atomic E-state index is -0.992. The number of fused-ring (bicyclic) bond motifs is 1. The summed E-state index contributed by atoms with van der Waals surface area (Å²) in [6.45, 7) is 4.64. The van der Waals surface area contributed by atoms with Gasteiger partial charge in [-0.1, -0.05) is 13.8 Å². The van der Waals surface area contributed by atoms with Crippen LogP contribution in [0.15, 0.2) is 18.3 Å². The normalized spacial score (nSPS) is 30.8. The summed E-state index contributed by atoms with van der Waals surface area (Å²) in [6.07, 6.45) is 2.88. The molecule has 3 atom stereocenters. The standard InChI is InChI=1S/C15H20FN3O2.2ClH/c1-14(2)12-10(4-3-7-21-12)15(14,17)13(20)19-11-6-5-9(16)8-18-11;;/h5-6,8,10,12H,3-4,7,17H2,1-2H3,(H,18,19,20);2*1H. The van der Waals surface area contributed by atoms with Gasteiger partial charge in [0.2, 0.25) is 5.91 Å². The minimum absolute atomic E-state index is 0. The molecule has 130 valence electrons. The van der Waals surface area contributed by atoms with Crippen LogP contribution < -0.4 is 11.1 Å². The Morgan fingerprint density at radius 1 is 1.43 bits per heavy atom. The molecule has 3 unspecified atom stereocenters. The van der Waals surface area contributed by atoms with Crippen LogP contribution >= 0.6 is 24.8 Å². The Bertz CT molecular complexity index is 570. The molecule has 1 aromatic heterocycles. The molecule has 0 aromatic carbocycles. The van der Waals surface area contributed by atoms with Crippen LogP contribution in [0, 0.1) is 17.2 Å². The molecule has 1 saturated heterocycles. The highest BCUT2D eigenvalue weighted by Crippen LogP contribution is 2.57. The van der Waals surface area contributed by atoms with E-state index in [1.807, 2.05) is 13.8 Å². The predicted molar refractivity (Wildman–Crippen MR) is 90.5 cm³/mol. The van der Waals surface area contributed by atoms with Crippen LogP contribution in [-0.2, 0) is 9.53 Å². The molecular formula is C15H22Cl2FN3O2. The van der Waals surface area contributed by atoms with Crippen molar-refractivity contribution in [3.05, 3.63) is 24.1 Å². The number of nitrogens with one attached hydrogen (secondary N) is 1. The number of carbonyl (C=O) groups is 1. The summed E-state index contributed by atoms with van der Waals surface area (Å²) in [5.74, 6) is -0.401. The largest absolute Gasteiger partial charge is 0.377 e. The molecule has 3 N–H and O–H groups in total. The molecule has 5 nitrogen and oxygen atoms in total. The van der Waals surface area contributed by atoms with Gasteiger partial charge in [-0.2, -0.15) is 0 Å². The van der Waals surface area contributed by atoms with Crippen molar-refractivity contribution in [3.63, 3.8) is 0 Å². The Labute approximate surface area is 147 Å². The second kappa shape index (κ2) is 6.89. The number of hydrogen-bond acceptors (Lipinski definition) is 4. The molecule has 1 aliphatic carbocycles. The number of hydrogen-bond donors (Lipinski definition) is 2. The highest BCUT2D eigenvalue weighted by Gasteiger charge is 2.70. The highest BCUT2D eigenvalue weighted by molar-refractivity contribution is 5.99. The van der Waals surface area contributed by atoms with Gasteiger partial charge in [-0.05, 0) is 25.0 Å². The lowest BCUT2D eigenvalue weighted by Gasteiger charge is -2.65. The molecule has 2 fully saturated rings. The van der Waals surface area contributed by atoms with E-state index in [2.05, 4.69) is 10.3 Å². The van der Waals surface area contributed by atoms with Crippen molar-refractivity contribution in [3.8, 4) is 0 Å². The maximum absolute atomic E-state index is 12.9. The van der Waals surface area contributed by atoms with Gasteiger partial charge >= 0.3 is 0 Å². The van der Waals surface area contributed by atoms with Crippen LogP contribution in [0.4, 0.5) is 10.2 Å². The van der Waals surface area contributed by atoms with Gasteiger partial charge in [0.05, 0.1) is 12.3 Å². The third-order valence-corrected chi connectivity index (χ3v) is 5.03. The maximum Gasteiger partial charge on any atom is 0.246 e. The number of amides is 1. The SMILES string of the molecule is CC1(C)C2OCCCC2C1(N)C(=O)Nc1ccc(F)cn1.Cl.Cl. The van der Waals surface area contributed by atoms with Crippen LogP contribution in [0.5, 0.6) is 0 Å². The zero-order chi connectivity index (χ0) is 15.3. The number of ether oxygens (including phenoxy) is 1. The Morgan fingerprint density at radius 3 is 2.74 bits per heavy atom. The molecule has 1 saturated carbocycles. The second-order valence-corrected chi connectivity index (χ2v) is 6.45. The van der Waals surface area contributed by atoms with Gasteiger partial charge in [-0.25, -0.2) is 9.37 Å². The molecule has 0 spiro atoms. The number of carbonyl (C=O) groups excluding carboxylic acids is 1. The summed E-state index contributed by atoms with van der Waals surface area (Å²) in [5.41, 5.74) is 5.03. The molecular weight excluding hydrogens is 344 g/mol. The van der Waals surface area contributed by atoms with Gasteiger partial charge in [0.15, 0.2) is 0 Å². The van der Waals surface area contributed by atoms with E-state index >= 15 is 0 Å². The summed E-state index contributed by atoms with van der Waals surface area (Å²) in [6, 6.07) is 2.68. The topological polar surface area (TPSA) is 77.2 Å². The van der Waals surface area contributed by atoms with Crippen molar-refractivity contribution < 1.29 is 13.9 Å². The smallest absolute Gasteiger partial charge is 0.246 e. The van der Waals surface area contributed by atoms with Gasteiger partial charge in [0.1, 0.15) is 17.2 Å². The van der Waals surface area contributed by atoms with Gasteiger partial charge < -0.3 is 15.8 Å². The van der Waals surface area contributed by atoms with Gasteiger partial charge in [0, 0.05) is 17.9 Å². The van der Waals surface area contributed by atoms with Crippen LogP contribution in [0.2, 0.25) is 0 Å². The lowest BCUT2D eigenvalue weighted by molar-refractivity contribution is -0.222. The average molecular weight is 366 g/mol. The molecule has 2 aliphatic rings. The Hall–Kier alpha value is -0.950. The number of rotatable bonds is 2. The Balaban J connectivity index is 0.00000132. The first-order valence-corrected chi connectivity index (χ1v) is 7.21. The van der Waals surface area contributed by atoms with E-state index in [0.717, 1.165) is 25.6 Å². The van der Waals surface area contributed by atoms with E-state index in [1.165, 1.54) is 12.1 Å². The zero-order valence-electron chi connectivity index (χ0n) is 13.0. The Kier molecular flexibility index (Phi) is 6.02. The first kappa shape index (κ1) is 20.1. The lowest BCUT2D eigenvalue weighted by atomic mass is 9.46. The summed E-state index contributed by atoms with van der Waals surface area (Å²) in [4.78, 5) is 16.5. The van der Waals surface area contributed by atoms with Crippen molar-refractivity contribution in [2.75, 3.05) is 11.9 Å². The molecule has 0 bridgehead atoms. The number of pyridine rings is 1. The fraction of sp³-hybridized carbons (Fsp3) is 0.600. The first-order valence-electron chi connectivity index (χ1n) is 7.21. The first-order chi connectivity index (χ1) is 9.87. The number of anilines is 1.